The van der Waals surface area contributed by atoms with E-state index in [1.54, 1.807) is 6.20 Å². The zero-order valence-electron chi connectivity index (χ0n) is 17.7. The number of pyridine rings is 2. The van der Waals surface area contributed by atoms with Crippen LogP contribution in [0.25, 0.3) is 22.6 Å². The summed E-state index contributed by atoms with van der Waals surface area (Å²) in [5.74, 6) is 7.16. The second-order valence-electron chi connectivity index (χ2n) is 8.07. The van der Waals surface area contributed by atoms with Crippen molar-refractivity contribution in [1.82, 2.24) is 25.2 Å². The monoisotopic (exact) mass is 407 g/mol. The van der Waals surface area contributed by atoms with Gasteiger partial charge in [-0.2, -0.15) is 5.10 Å². The molecule has 5 N–H and O–H groups in total. The Balaban J connectivity index is 1.73. The highest BCUT2D eigenvalue weighted by atomic mass is 16.5. The van der Waals surface area contributed by atoms with Crippen molar-refractivity contribution in [2.45, 2.75) is 38.5 Å². The van der Waals surface area contributed by atoms with Crippen molar-refractivity contribution in [3.8, 4) is 28.4 Å². The molecule has 1 aliphatic rings. The summed E-state index contributed by atoms with van der Waals surface area (Å²) in [6.45, 7) is 6.39. The fourth-order valence-corrected chi connectivity index (χ4v) is 4.15. The van der Waals surface area contributed by atoms with Crippen LogP contribution in [0.3, 0.4) is 0 Å². The third kappa shape index (κ3) is 3.70. The molecule has 0 aromatic carbocycles. The summed E-state index contributed by atoms with van der Waals surface area (Å²) in [5, 5.41) is 19.2. The standard InChI is InChI=1S/C22H29N7O/c1-13(2)19-20(16-10-18(30-3)22(23)29(24)12-16)27-28-21(19)17-5-4-15(11-26-17)14-6-8-25-9-7-14/h4-5,10-14,23,25H,6-9,24H2,1-3H3,(H,27,28). The molecule has 1 saturated heterocycles. The van der Waals surface area contributed by atoms with E-state index < -0.39 is 0 Å². The summed E-state index contributed by atoms with van der Waals surface area (Å²) in [5.41, 5.74) is 5.85. The molecule has 8 nitrogen and oxygen atoms in total. The third-order valence-electron chi connectivity index (χ3n) is 5.79. The number of nitrogens with zero attached hydrogens (tertiary/aromatic N) is 3. The molecule has 0 radical (unpaired) electrons. The molecule has 4 rings (SSSR count). The Bertz CT molecular complexity index is 1080. The summed E-state index contributed by atoms with van der Waals surface area (Å²) in [6.07, 6.45) is 6.01. The second kappa shape index (κ2) is 8.31. The molecule has 158 valence electrons. The molecule has 0 atom stereocenters. The van der Waals surface area contributed by atoms with E-state index in [2.05, 4.69) is 41.5 Å². The number of methoxy groups -OCH3 is 1. The van der Waals surface area contributed by atoms with Crippen molar-refractivity contribution in [2.24, 2.45) is 0 Å². The van der Waals surface area contributed by atoms with Gasteiger partial charge in [-0.15, -0.1) is 0 Å². The lowest BCUT2D eigenvalue weighted by molar-refractivity contribution is 0.402. The topological polar surface area (TPSA) is 118 Å². The van der Waals surface area contributed by atoms with Crippen LogP contribution in [0.15, 0.2) is 30.6 Å². The van der Waals surface area contributed by atoms with Crippen LogP contribution in [-0.2, 0) is 0 Å². The van der Waals surface area contributed by atoms with Crippen molar-refractivity contribution >= 4 is 0 Å². The van der Waals surface area contributed by atoms with E-state index in [9.17, 15) is 0 Å². The van der Waals surface area contributed by atoms with Gasteiger partial charge in [0.25, 0.3) is 0 Å². The second-order valence-corrected chi connectivity index (χ2v) is 8.07. The molecule has 4 heterocycles. The number of H-pyrrole nitrogens is 1. The molecule has 0 bridgehead atoms. The van der Waals surface area contributed by atoms with Gasteiger partial charge in [0.2, 0.25) is 0 Å². The van der Waals surface area contributed by atoms with E-state index in [-0.39, 0.29) is 11.4 Å². The lowest BCUT2D eigenvalue weighted by atomic mass is 9.91. The van der Waals surface area contributed by atoms with Crippen LogP contribution in [0.1, 0.15) is 49.7 Å². The van der Waals surface area contributed by atoms with Gasteiger partial charge in [0.1, 0.15) is 5.69 Å². The summed E-state index contributed by atoms with van der Waals surface area (Å²) in [4.78, 5) is 4.75. The highest BCUT2D eigenvalue weighted by Gasteiger charge is 2.22. The molecule has 3 aromatic rings. The van der Waals surface area contributed by atoms with E-state index in [0.29, 0.717) is 11.7 Å². The number of nitrogens with one attached hydrogen (secondary N) is 3. The Morgan fingerprint density at radius 2 is 2.03 bits per heavy atom. The van der Waals surface area contributed by atoms with Crippen LogP contribution in [0, 0.1) is 5.41 Å². The SMILES string of the molecule is COc1cc(-c2[nH]nc(-c3ccc(C4CCNCC4)cn3)c2C(C)C)cn(N)c1=N. The van der Waals surface area contributed by atoms with Gasteiger partial charge in [0.15, 0.2) is 11.2 Å². The first-order valence-electron chi connectivity index (χ1n) is 10.4. The van der Waals surface area contributed by atoms with E-state index in [4.69, 9.17) is 21.0 Å². The molecule has 1 fully saturated rings. The van der Waals surface area contributed by atoms with Crippen LogP contribution in [0.4, 0.5) is 0 Å². The van der Waals surface area contributed by atoms with E-state index in [0.717, 1.165) is 54.1 Å². The summed E-state index contributed by atoms with van der Waals surface area (Å²) in [6, 6.07) is 6.06. The zero-order chi connectivity index (χ0) is 21.3. The van der Waals surface area contributed by atoms with Crippen LogP contribution in [0.5, 0.6) is 5.75 Å². The van der Waals surface area contributed by atoms with Gasteiger partial charge >= 0.3 is 0 Å². The molecule has 1 aliphatic heterocycles. The zero-order valence-corrected chi connectivity index (χ0v) is 17.7. The maximum Gasteiger partial charge on any atom is 0.186 e. The molecule has 0 unspecified atom stereocenters. The molecule has 0 spiro atoms. The van der Waals surface area contributed by atoms with Gasteiger partial charge < -0.3 is 15.9 Å². The maximum absolute atomic E-state index is 8.01. The van der Waals surface area contributed by atoms with Crippen LogP contribution in [0.2, 0.25) is 0 Å². The third-order valence-corrected chi connectivity index (χ3v) is 5.79. The quantitative estimate of drug-likeness (QED) is 0.485. The van der Waals surface area contributed by atoms with Gasteiger partial charge in [-0.05, 0) is 55.5 Å². The van der Waals surface area contributed by atoms with Crippen molar-refractivity contribution in [3.63, 3.8) is 0 Å². The van der Waals surface area contributed by atoms with Crippen molar-refractivity contribution in [2.75, 3.05) is 26.0 Å². The fraction of sp³-hybridized carbons (Fsp3) is 0.409. The molecule has 0 saturated carbocycles. The van der Waals surface area contributed by atoms with Crippen molar-refractivity contribution in [3.05, 3.63) is 47.2 Å². The number of piperidine rings is 1. The average molecular weight is 408 g/mol. The Kier molecular flexibility index (Phi) is 5.59. The number of rotatable bonds is 5. The summed E-state index contributed by atoms with van der Waals surface area (Å²) >= 11 is 0. The molecule has 8 heteroatoms. The van der Waals surface area contributed by atoms with Crippen molar-refractivity contribution in [1.29, 1.82) is 5.41 Å². The molecule has 0 amide bonds. The number of aromatic nitrogens is 4. The van der Waals surface area contributed by atoms with E-state index in [1.807, 2.05) is 12.3 Å². The largest absolute Gasteiger partial charge is 0.493 e. The van der Waals surface area contributed by atoms with Gasteiger partial charge in [-0.25, -0.2) is 4.68 Å². The normalized spacial score (nSPS) is 14.9. The predicted molar refractivity (Wildman–Crippen MR) is 117 cm³/mol. The summed E-state index contributed by atoms with van der Waals surface area (Å²) in [7, 11) is 1.53. The number of ether oxygens (including phenoxy) is 1. The molecule has 30 heavy (non-hydrogen) atoms. The minimum atomic E-state index is 0.113. The first kappa shape index (κ1) is 20.2. The van der Waals surface area contributed by atoms with Gasteiger partial charge in [-0.3, -0.25) is 15.5 Å². The van der Waals surface area contributed by atoms with Gasteiger partial charge in [0, 0.05) is 23.5 Å². The van der Waals surface area contributed by atoms with Crippen molar-refractivity contribution < 1.29 is 4.74 Å². The highest BCUT2D eigenvalue weighted by molar-refractivity contribution is 5.73. The predicted octanol–water partition coefficient (Wildman–Crippen LogP) is 2.73. The van der Waals surface area contributed by atoms with Crippen LogP contribution >= 0.6 is 0 Å². The number of hydrogen-bond acceptors (Lipinski definition) is 6. The fourth-order valence-electron chi connectivity index (χ4n) is 4.15. The van der Waals surface area contributed by atoms with Crippen LogP contribution in [-0.4, -0.2) is 40.1 Å². The van der Waals surface area contributed by atoms with Crippen LogP contribution < -0.4 is 21.4 Å². The van der Waals surface area contributed by atoms with Gasteiger partial charge in [-0.1, -0.05) is 19.9 Å². The smallest absolute Gasteiger partial charge is 0.186 e. The number of hydrogen-bond donors (Lipinski definition) is 4. The molecular weight excluding hydrogens is 378 g/mol. The Morgan fingerprint density at radius 3 is 2.67 bits per heavy atom. The van der Waals surface area contributed by atoms with Gasteiger partial charge in [0.05, 0.1) is 18.5 Å². The Labute approximate surface area is 176 Å². The lowest BCUT2D eigenvalue weighted by Crippen LogP contribution is -2.27. The minimum Gasteiger partial charge on any atom is -0.493 e. The average Bonchev–Trinajstić information content (AvgIpc) is 3.22. The minimum absolute atomic E-state index is 0.113. The molecule has 3 aromatic heterocycles. The number of nitrogen functional groups attached to an aromatic ring is 1. The maximum atomic E-state index is 8.01. The first-order chi connectivity index (χ1) is 14.5. The lowest BCUT2D eigenvalue weighted by Gasteiger charge is -2.22. The number of nitrogens with two attached hydrogens (primary N) is 1. The highest BCUT2D eigenvalue weighted by Crippen LogP contribution is 2.35. The van der Waals surface area contributed by atoms with E-state index >= 15 is 0 Å². The van der Waals surface area contributed by atoms with E-state index in [1.165, 1.54) is 17.3 Å². The summed E-state index contributed by atoms with van der Waals surface area (Å²) < 4.78 is 6.57. The molecular formula is C22H29N7O. The number of aromatic amines is 1. The first-order valence-corrected chi connectivity index (χ1v) is 10.4. The Morgan fingerprint density at radius 1 is 1.27 bits per heavy atom. The molecule has 0 aliphatic carbocycles. The Hall–Kier alpha value is -3.13.